The number of esters is 1. The number of alkyl halides is 1. The van der Waals surface area contributed by atoms with E-state index in [4.69, 9.17) is 5.11 Å². The molecule has 0 spiro atoms. The Morgan fingerprint density at radius 3 is 2.53 bits per heavy atom. The lowest BCUT2D eigenvalue weighted by molar-refractivity contribution is -0.139. The van der Waals surface area contributed by atoms with E-state index in [1.165, 1.54) is 6.07 Å². The fourth-order valence-electron chi connectivity index (χ4n) is 0.816. The minimum atomic E-state index is -0.206. The van der Waals surface area contributed by atoms with Crippen LogP contribution in [0.3, 0.4) is 0 Å². The highest BCUT2D eigenvalue weighted by atomic mass is 79.9. The summed E-state index contributed by atoms with van der Waals surface area (Å²) in [5, 5.41) is 9.32. The molecule has 4 nitrogen and oxygen atoms in total. The molecule has 0 aromatic heterocycles. The van der Waals surface area contributed by atoms with Crippen LogP contribution in [0, 0.1) is 0 Å². The number of benzene rings is 1. The average molecular weight is 368 g/mol. The minimum absolute atomic E-state index is 0.00405. The molecular weight excluding hydrogens is 356 g/mol. The molecule has 0 saturated heterocycles. The number of aldehydes is 1. The Kier molecular flexibility index (Phi) is 8.71. The average Bonchev–Trinajstić information content (AvgIpc) is 2.30. The van der Waals surface area contributed by atoms with E-state index in [1.807, 2.05) is 0 Å². The lowest BCUT2D eigenvalue weighted by atomic mass is 10.2. The zero-order chi connectivity index (χ0) is 13.3. The van der Waals surface area contributed by atoms with Gasteiger partial charge in [0.15, 0.2) is 6.29 Å². The van der Waals surface area contributed by atoms with Crippen LogP contribution in [0.5, 0.6) is 5.75 Å². The molecule has 0 aliphatic rings. The molecule has 94 valence electrons. The van der Waals surface area contributed by atoms with Crippen molar-refractivity contribution in [3.8, 4) is 5.75 Å². The molecule has 0 fully saturated rings. The Hall–Kier alpha value is -0.880. The van der Waals surface area contributed by atoms with Crippen LogP contribution in [0.15, 0.2) is 22.7 Å². The molecule has 1 aromatic rings. The fourth-order valence-corrected chi connectivity index (χ4v) is 1.33. The normalized spacial score (nSPS) is 8.88. The van der Waals surface area contributed by atoms with E-state index in [9.17, 15) is 9.59 Å². The van der Waals surface area contributed by atoms with Crippen LogP contribution in [0.1, 0.15) is 17.3 Å². The van der Waals surface area contributed by atoms with Gasteiger partial charge >= 0.3 is 5.97 Å². The third kappa shape index (κ3) is 7.12. The molecule has 0 heterocycles. The molecular formula is C11H12Br2O4. The van der Waals surface area contributed by atoms with Crippen molar-refractivity contribution in [2.45, 2.75) is 6.92 Å². The molecule has 0 atom stereocenters. The quantitative estimate of drug-likeness (QED) is 0.506. The van der Waals surface area contributed by atoms with Gasteiger partial charge in [0.25, 0.3) is 0 Å². The highest BCUT2D eigenvalue weighted by Crippen LogP contribution is 2.20. The highest BCUT2D eigenvalue weighted by Gasteiger charge is 1.97. The second-order valence-corrected chi connectivity index (χ2v) is 4.24. The van der Waals surface area contributed by atoms with Crippen molar-refractivity contribution in [2.24, 2.45) is 0 Å². The van der Waals surface area contributed by atoms with Crippen molar-refractivity contribution in [2.75, 3.05) is 11.9 Å². The topological polar surface area (TPSA) is 63.6 Å². The van der Waals surface area contributed by atoms with Crippen molar-refractivity contribution in [1.29, 1.82) is 0 Å². The van der Waals surface area contributed by atoms with Crippen molar-refractivity contribution < 1.29 is 19.4 Å². The maximum atomic E-state index is 10.2. The largest absolute Gasteiger partial charge is 0.507 e. The Labute approximate surface area is 116 Å². The van der Waals surface area contributed by atoms with Gasteiger partial charge in [-0.25, -0.2) is 0 Å². The van der Waals surface area contributed by atoms with Crippen LogP contribution in [0.4, 0.5) is 0 Å². The van der Waals surface area contributed by atoms with Crippen LogP contribution >= 0.6 is 31.9 Å². The van der Waals surface area contributed by atoms with E-state index in [0.717, 1.165) is 4.47 Å². The number of ether oxygens (including phenoxy) is 1. The molecule has 0 aliphatic carbocycles. The number of aromatic hydroxyl groups is 1. The van der Waals surface area contributed by atoms with E-state index < -0.39 is 0 Å². The number of hydrogen-bond acceptors (Lipinski definition) is 4. The molecule has 1 rings (SSSR count). The Bertz CT molecular complexity index is 380. The second-order valence-electron chi connectivity index (χ2n) is 2.76. The summed E-state index contributed by atoms with van der Waals surface area (Å²) in [5.41, 5.74) is 0.309. The van der Waals surface area contributed by atoms with Gasteiger partial charge in [-0.1, -0.05) is 31.9 Å². The van der Waals surface area contributed by atoms with Crippen molar-refractivity contribution in [3.63, 3.8) is 0 Å². The molecule has 0 unspecified atom stereocenters. The molecule has 1 aromatic carbocycles. The van der Waals surface area contributed by atoms with Crippen LogP contribution in [-0.4, -0.2) is 29.3 Å². The Morgan fingerprint density at radius 2 is 2.18 bits per heavy atom. The summed E-state index contributed by atoms with van der Waals surface area (Å²) in [6, 6.07) is 4.72. The van der Waals surface area contributed by atoms with E-state index in [0.29, 0.717) is 23.8 Å². The van der Waals surface area contributed by atoms with Crippen molar-refractivity contribution in [3.05, 3.63) is 28.2 Å². The van der Waals surface area contributed by atoms with E-state index >= 15 is 0 Å². The molecule has 0 radical (unpaired) electrons. The third-order valence-electron chi connectivity index (χ3n) is 1.53. The number of hydrogen-bond donors (Lipinski definition) is 1. The summed E-state index contributed by atoms with van der Waals surface area (Å²) in [7, 11) is 0. The summed E-state index contributed by atoms with van der Waals surface area (Å²) >= 11 is 6.09. The van der Waals surface area contributed by atoms with Gasteiger partial charge in [-0.3, -0.25) is 9.59 Å². The molecule has 1 N–H and O–H groups in total. The van der Waals surface area contributed by atoms with Gasteiger partial charge in [-0.2, -0.15) is 0 Å². The molecule has 0 aliphatic heterocycles. The van der Waals surface area contributed by atoms with Crippen LogP contribution in [-0.2, 0) is 9.53 Å². The van der Waals surface area contributed by atoms with Crippen molar-refractivity contribution >= 4 is 44.1 Å². The van der Waals surface area contributed by atoms with Gasteiger partial charge in [0.05, 0.1) is 12.2 Å². The first-order chi connectivity index (χ1) is 8.04. The van der Waals surface area contributed by atoms with Gasteiger partial charge in [0.1, 0.15) is 11.1 Å². The predicted octanol–water partition coefficient (Wildman–Crippen LogP) is 2.91. The summed E-state index contributed by atoms with van der Waals surface area (Å²) in [6.07, 6.45) is 0.613. The Balaban J connectivity index is 0.000000325. The number of halogens is 2. The molecule has 0 bridgehead atoms. The van der Waals surface area contributed by atoms with Crippen LogP contribution in [0.25, 0.3) is 0 Å². The number of carbonyl (C=O) groups is 2. The summed E-state index contributed by atoms with van der Waals surface area (Å²) < 4.78 is 5.27. The van der Waals surface area contributed by atoms with E-state index in [-0.39, 0.29) is 11.7 Å². The first-order valence-corrected chi connectivity index (χ1v) is 6.61. The number of phenols is 1. The standard InChI is InChI=1S/C7H5BrO2.C4H7BrO2/c8-6-2-1-5(4-9)7(10)3-6;1-2-7-4(6)3-5/h1-4,10H;2-3H2,1H3. The number of phenolic OH excluding ortho intramolecular Hbond substituents is 1. The lowest BCUT2D eigenvalue weighted by Gasteiger charge is -1.95. The van der Waals surface area contributed by atoms with Crippen molar-refractivity contribution in [1.82, 2.24) is 0 Å². The fraction of sp³-hybridized carbons (Fsp3) is 0.273. The Morgan fingerprint density at radius 1 is 1.53 bits per heavy atom. The smallest absolute Gasteiger partial charge is 0.316 e. The van der Waals surface area contributed by atoms with Gasteiger partial charge in [0, 0.05) is 4.47 Å². The molecule has 0 saturated carbocycles. The molecule has 0 amide bonds. The SMILES string of the molecule is CCOC(=O)CBr.O=Cc1ccc(Br)cc1O. The third-order valence-corrected chi connectivity index (χ3v) is 2.48. The summed E-state index contributed by atoms with van der Waals surface area (Å²) in [5.74, 6) is -0.202. The van der Waals surface area contributed by atoms with Gasteiger partial charge in [-0.05, 0) is 25.1 Å². The number of rotatable bonds is 3. The van der Waals surface area contributed by atoms with E-state index in [1.54, 1.807) is 19.1 Å². The predicted molar refractivity (Wildman–Crippen MR) is 71.6 cm³/mol. The second kappa shape index (κ2) is 9.18. The maximum Gasteiger partial charge on any atom is 0.316 e. The summed E-state index contributed by atoms with van der Waals surface area (Å²) in [6.45, 7) is 2.24. The molecule has 17 heavy (non-hydrogen) atoms. The lowest BCUT2D eigenvalue weighted by Crippen LogP contribution is -2.03. The first kappa shape index (κ1) is 16.1. The molecule has 6 heteroatoms. The maximum absolute atomic E-state index is 10.2. The van der Waals surface area contributed by atoms with Gasteiger partial charge in [-0.15, -0.1) is 0 Å². The monoisotopic (exact) mass is 366 g/mol. The van der Waals surface area contributed by atoms with E-state index in [2.05, 4.69) is 36.6 Å². The zero-order valence-corrected chi connectivity index (χ0v) is 12.3. The summed E-state index contributed by atoms with van der Waals surface area (Å²) in [4.78, 5) is 20.3. The van der Waals surface area contributed by atoms with Gasteiger partial charge < -0.3 is 9.84 Å². The van der Waals surface area contributed by atoms with Gasteiger partial charge in [0.2, 0.25) is 0 Å². The zero-order valence-electron chi connectivity index (χ0n) is 9.15. The highest BCUT2D eigenvalue weighted by molar-refractivity contribution is 9.10. The first-order valence-electron chi connectivity index (χ1n) is 4.70. The van der Waals surface area contributed by atoms with Crippen LogP contribution in [0.2, 0.25) is 0 Å². The number of carbonyl (C=O) groups excluding carboxylic acids is 2. The minimum Gasteiger partial charge on any atom is -0.507 e. The van der Waals surface area contributed by atoms with Crippen LogP contribution < -0.4 is 0 Å².